The molecule has 0 heterocycles. The van der Waals surface area contributed by atoms with Gasteiger partial charge in [-0.15, -0.1) is 0 Å². The highest BCUT2D eigenvalue weighted by atomic mass is 31.2. The average molecular weight is 1170 g/mol. The highest BCUT2D eigenvalue weighted by Gasteiger charge is 2.30. The zero-order valence-corrected chi connectivity index (χ0v) is 52.6. The minimum Gasteiger partial charge on any atom is -0.462 e. The molecule has 17 nitrogen and oxygen atoms in total. The number of unbranched alkanes of at least 4 members (excludes halogenated alkanes) is 25. The number of aliphatic hydroxyl groups is 1. The van der Waals surface area contributed by atoms with E-state index in [1.165, 1.54) is 83.5 Å². The molecule has 0 bridgehead atoms. The van der Waals surface area contributed by atoms with Crippen molar-refractivity contribution >= 4 is 39.5 Å². The van der Waals surface area contributed by atoms with Crippen LogP contribution in [0.25, 0.3) is 0 Å². The van der Waals surface area contributed by atoms with Crippen molar-refractivity contribution in [2.75, 3.05) is 39.6 Å². The lowest BCUT2D eigenvalue weighted by molar-refractivity contribution is -0.161. The van der Waals surface area contributed by atoms with Crippen LogP contribution < -0.4 is 0 Å². The van der Waals surface area contributed by atoms with Crippen molar-refractivity contribution in [1.29, 1.82) is 0 Å². The fourth-order valence-corrected chi connectivity index (χ4v) is 10.3. The molecule has 0 aliphatic rings. The summed E-state index contributed by atoms with van der Waals surface area (Å²) in [5.41, 5.74) is 0. The molecule has 468 valence electrons. The minimum absolute atomic E-state index is 0.101. The van der Waals surface area contributed by atoms with Crippen LogP contribution in [0.3, 0.4) is 0 Å². The van der Waals surface area contributed by atoms with Crippen LogP contribution in [0.1, 0.15) is 286 Å². The quantitative estimate of drug-likeness (QED) is 0.0222. The number of carbonyl (C=O) groups is 4. The van der Waals surface area contributed by atoms with Crippen molar-refractivity contribution in [3.8, 4) is 0 Å². The van der Waals surface area contributed by atoms with E-state index in [1.54, 1.807) is 0 Å². The Hall–Kier alpha value is -1.94. The van der Waals surface area contributed by atoms with Gasteiger partial charge in [0, 0.05) is 25.7 Å². The van der Waals surface area contributed by atoms with E-state index in [0.717, 1.165) is 115 Å². The first-order valence-electron chi connectivity index (χ1n) is 31.4. The molecule has 0 amide bonds. The average Bonchev–Trinajstić information content (AvgIpc) is 3.40. The zero-order chi connectivity index (χ0) is 58.8. The van der Waals surface area contributed by atoms with Gasteiger partial charge >= 0.3 is 39.5 Å². The fourth-order valence-electron chi connectivity index (χ4n) is 8.74. The third kappa shape index (κ3) is 53.8. The SMILES string of the molecule is CCCCCCCCCC(=O)OC[C@H](COP(=O)(O)OC[C@H](O)COP(=O)(O)OC[C@@H](COC(=O)CCCCCCCCCCC(C)C)OC(=O)CCCCCCCCCCC(C)CC)OC(=O)CCCCCCCCC(C)C. The van der Waals surface area contributed by atoms with Crippen LogP contribution >= 0.6 is 15.6 Å². The van der Waals surface area contributed by atoms with Crippen molar-refractivity contribution in [2.24, 2.45) is 17.8 Å². The van der Waals surface area contributed by atoms with Crippen molar-refractivity contribution in [1.82, 2.24) is 0 Å². The minimum atomic E-state index is -4.94. The molecule has 0 rings (SSSR count). The molecule has 19 heteroatoms. The van der Waals surface area contributed by atoms with Gasteiger partial charge in [0.2, 0.25) is 0 Å². The standard InChI is InChI=1S/C60H116O17P2/c1-8-10-11-12-17-27-34-41-57(62)70-47-56(77-60(65)44-37-30-23-22-25-32-39-52(5)6)50-75-79(68,69)73-46-54(61)45-72-78(66,67)74-49-55(48-71-58(63)42-35-28-20-15-13-18-24-31-38-51(3)4)76-59(64)43-36-29-21-16-14-19-26-33-40-53(7)9-2/h51-56,61H,8-50H2,1-7H3,(H,66,67)(H,68,69)/t53?,54-,55-,56-/m1/s1. The third-order valence-electron chi connectivity index (χ3n) is 14.0. The zero-order valence-electron chi connectivity index (χ0n) is 50.8. The van der Waals surface area contributed by atoms with E-state index in [4.69, 9.17) is 37.0 Å². The first kappa shape index (κ1) is 77.1. The maximum atomic E-state index is 12.9. The van der Waals surface area contributed by atoms with Crippen LogP contribution in [0, 0.1) is 17.8 Å². The lowest BCUT2D eigenvalue weighted by Crippen LogP contribution is -2.30. The van der Waals surface area contributed by atoms with E-state index in [-0.39, 0.29) is 25.7 Å². The van der Waals surface area contributed by atoms with Crippen LogP contribution in [0.15, 0.2) is 0 Å². The van der Waals surface area contributed by atoms with E-state index in [0.29, 0.717) is 31.6 Å². The summed E-state index contributed by atoms with van der Waals surface area (Å²) in [6, 6.07) is 0. The van der Waals surface area contributed by atoms with Crippen LogP contribution in [0.5, 0.6) is 0 Å². The highest BCUT2D eigenvalue weighted by molar-refractivity contribution is 7.47. The molecule has 3 unspecified atom stereocenters. The molecule has 0 fully saturated rings. The van der Waals surface area contributed by atoms with Gasteiger partial charge in [-0.3, -0.25) is 37.3 Å². The maximum Gasteiger partial charge on any atom is 0.472 e. The second-order valence-corrected chi connectivity index (χ2v) is 25.8. The van der Waals surface area contributed by atoms with Gasteiger partial charge in [-0.1, -0.05) is 235 Å². The molecule has 0 aromatic carbocycles. The van der Waals surface area contributed by atoms with Crippen molar-refractivity contribution in [3.05, 3.63) is 0 Å². The third-order valence-corrected chi connectivity index (χ3v) is 15.9. The number of aliphatic hydroxyl groups excluding tert-OH is 1. The van der Waals surface area contributed by atoms with Crippen LogP contribution in [-0.2, 0) is 65.4 Å². The van der Waals surface area contributed by atoms with Crippen molar-refractivity contribution in [2.45, 2.75) is 304 Å². The van der Waals surface area contributed by atoms with Gasteiger partial charge in [0.25, 0.3) is 0 Å². The Kier molecular flexibility index (Phi) is 50.4. The number of hydrogen-bond acceptors (Lipinski definition) is 15. The molecule has 0 radical (unpaired) electrons. The molecule has 0 saturated carbocycles. The second kappa shape index (κ2) is 51.7. The molecule has 79 heavy (non-hydrogen) atoms. The summed E-state index contributed by atoms with van der Waals surface area (Å²) in [7, 11) is -9.88. The predicted molar refractivity (Wildman–Crippen MR) is 312 cm³/mol. The van der Waals surface area contributed by atoms with Crippen molar-refractivity contribution in [3.63, 3.8) is 0 Å². The molecule has 3 N–H and O–H groups in total. The maximum absolute atomic E-state index is 12.9. The molecule has 0 aliphatic carbocycles. The Labute approximate surface area is 479 Å². The van der Waals surface area contributed by atoms with E-state index in [2.05, 4.69) is 48.5 Å². The van der Waals surface area contributed by atoms with Crippen LogP contribution in [0.2, 0.25) is 0 Å². The van der Waals surface area contributed by atoms with E-state index < -0.39 is 97.5 Å². The van der Waals surface area contributed by atoms with Crippen LogP contribution in [-0.4, -0.2) is 96.7 Å². The van der Waals surface area contributed by atoms with Gasteiger partial charge in [0.1, 0.15) is 19.3 Å². The monoisotopic (exact) mass is 1170 g/mol. The van der Waals surface area contributed by atoms with Gasteiger partial charge in [-0.25, -0.2) is 9.13 Å². The van der Waals surface area contributed by atoms with Gasteiger partial charge in [0.15, 0.2) is 12.2 Å². The lowest BCUT2D eigenvalue weighted by atomic mass is 9.99. The lowest BCUT2D eigenvalue weighted by Gasteiger charge is -2.21. The summed E-state index contributed by atoms with van der Waals surface area (Å²) in [6.45, 7) is 11.6. The summed E-state index contributed by atoms with van der Waals surface area (Å²) in [6.07, 6.45) is 31.0. The number of hydrogen-bond donors (Lipinski definition) is 3. The number of carbonyl (C=O) groups excluding carboxylic acids is 4. The summed E-state index contributed by atoms with van der Waals surface area (Å²) < 4.78 is 67.7. The first-order chi connectivity index (χ1) is 37.8. The Morgan fingerprint density at radius 2 is 0.646 bits per heavy atom. The fraction of sp³-hybridized carbons (Fsp3) is 0.933. The summed E-state index contributed by atoms with van der Waals surface area (Å²) in [5.74, 6) is 0.0144. The molecule has 0 aliphatic heterocycles. The molecule has 0 aromatic heterocycles. The number of esters is 4. The van der Waals surface area contributed by atoms with Gasteiger partial charge < -0.3 is 33.8 Å². The van der Waals surface area contributed by atoms with Gasteiger partial charge in [-0.2, -0.15) is 0 Å². The van der Waals surface area contributed by atoms with E-state index in [9.17, 15) is 43.2 Å². The molecular weight excluding hydrogens is 1050 g/mol. The topological polar surface area (TPSA) is 237 Å². The van der Waals surface area contributed by atoms with E-state index in [1.807, 2.05) is 0 Å². The largest absolute Gasteiger partial charge is 0.472 e. The Morgan fingerprint density at radius 3 is 0.962 bits per heavy atom. The van der Waals surface area contributed by atoms with Crippen LogP contribution in [0.4, 0.5) is 0 Å². The Bertz CT molecular complexity index is 1580. The number of ether oxygens (including phenoxy) is 4. The Balaban J connectivity index is 5.23. The summed E-state index contributed by atoms with van der Waals surface area (Å²) in [5, 5.41) is 10.5. The first-order valence-corrected chi connectivity index (χ1v) is 34.4. The van der Waals surface area contributed by atoms with Gasteiger partial charge in [0.05, 0.1) is 26.4 Å². The summed E-state index contributed by atoms with van der Waals surface area (Å²) in [4.78, 5) is 71.9. The van der Waals surface area contributed by atoms with Gasteiger partial charge in [-0.05, 0) is 43.4 Å². The molecule has 0 spiro atoms. The number of phosphoric ester groups is 2. The Morgan fingerprint density at radius 1 is 0.367 bits per heavy atom. The molecule has 0 aromatic rings. The number of phosphoric acid groups is 2. The van der Waals surface area contributed by atoms with Crippen molar-refractivity contribution < 1.29 is 80.2 Å². The summed E-state index contributed by atoms with van der Waals surface area (Å²) >= 11 is 0. The second-order valence-electron chi connectivity index (χ2n) is 22.9. The molecular formula is C60H116O17P2. The van der Waals surface area contributed by atoms with E-state index >= 15 is 0 Å². The predicted octanol–water partition coefficient (Wildman–Crippen LogP) is 15.9. The molecule has 6 atom stereocenters. The highest BCUT2D eigenvalue weighted by Crippen LogP contribution is 2.45. The molecule has 0 saturated heterocycles. The number of rotatable bonds is 58. The smallest absolute Gasteiger partial charge is 0.462 e. The normalized spacial score (nSPS) is 14.8.